The summed E-state index contributed by atoms with van der Waals surface area (Å²) in [4.78, 5) is 33.8. The van der Waals surface area contributed by atoms with E-state index in [1.165, 1.54) is 6.07 Å². The van der Waals surface area contributed by atoms with E-state index in [4.69, 9.17) is 4.42 Å². The van der Waals surface area contributed by atoms with Crippen molar-refractivity contribution in [1.29, 1.82) is 0 Å². The highest BCUT2D eigenvalue weighted by molar-refractivity contribution is 5.91. The first kappa shape index (κ1) is 15.2. The first-order valence-electron chi connectivity index (χ1n) is 7.51. The third-order valence-corrected chi connectivity index (χ3v) is 3.86. The highest BCUT2D eigenvalue weighted by atomic mass is 16.4. The maximum atomic E-state index is 12.5. The number of hydrogen-bond donors (Lipinski definition) is 1. The van der Waals surface area contributed by atoms with Gasteiger partial charge < -0.3 is 14.4 Å². The minimum Gasteiger partial charge on any atom is -0.508 e. The summed E-state index contributed by atoms with van der Waals surface area (Å²) in [6, 6.07) is 3.88. The molecule has 0 spiro atoms. The molecule has 0 radical (unpaired) electrons. The van der Waals surface area contributed by atoms with Gasteiger partial charge in [-0.2, -0.15) is 0 Å². The summed E-state index contributed by atoms with van der Waals surface area (Å²) in [5, 5.41) is 9.44. The van der Waals surface area contributed by atoms with Crippen LogP contribution >= 0.6 is 0 Å². The predicted octanol–water partition coefficient (Wildman–Crippen LogP) is 1.23. The maximum Gasteiger partial charge on any atom is 0.340 e. The molecule has 2 aromatic rings. The molecular formula is C16H17N3O4. The molecule has 1 fully saturated rings. The van der Waals surface area contributed by atoms with Crippen LogP contribution < -0.4 is 5.63 Å². The molecule has 1 amide bonds. The minimum atomic E-state index is -0.736. The second-order valence-electron chi connectivity index (χ2n) is 5.63. The van der Waals surface area contributed by atoms with Gasteiger partial charge in [0.2, 0.25) is 0 Å². The largest absolute Gasteiger partial charge is 0.508 e. The number of carbonyl (C=O) groups excluding carboxylic acids is 1. The van der Waals surface area contributed by atoms with Crippen LogP contribution in [0.25, 0.3) is 0 Å². The van der Waals surface area contributed by atoms with E-state index in [1.807, 2.05) is 0 Å². The van der Waals surface area contributed by atoms with Gasteiger partial charge in [0.15, 0.2) is 5.76 Å². The fourth-order valence-electron chi connectivity index (χ4n) is 2.83. The zero-order valence-electron chi connectivity index (χ0n) is 12.5. The Labute approximate surface area is 132 Å². The smallest absolute Gasteiger partial charge is 0.340 e. The Hall–Kier alpha value is -2.70. The maximum absolute atomic E-state index is 12.5. The van der Waals surface area contributed by atoms with Gasteiger partial charge in [-0.15, -0.1) is 0 Å². The van der Waals surface area contributed by atoms with Gasteiger partial charge >= 0.3 is 5.63 Å². The van der Waals surface area contributed by atoms with Crippen LogP contribution in [0.1, 0.15) is 29.2 Å². The topological polar surface area (TPSA) is 96.5 Å². The minimum absolute atomic E-state index is 0.133. The molecule has 3 heterocycles. The van der Waals surface area contributed by atoms with E-state index >= 15 is 0 Å². The molecule has 2 aromatic heterocycles. The second kappa shape index (κ2) is 6.60. The van der Waals surface area contributed by atoms with Crippen molar-refractivity contribution < 1.29 is 14.3 Å². The number of aromatic nitrogens is 2. The number of nitrogens with zero attached hydrogens (tertiary/aromatic N) is 3. The Bertz CT molecular complexity index is 744. The average Bonchev–Trinajstić information content (AvgIpc) is 2.54. The van der Waals surface area contributed by atoms with Gasteiger partial charge in [-0.05, 0) is 24.8 Å². The van der Waals surface area contributed by atoms with E-state index in [2.05, 4.69) is 9.97 Å². The normalized spacial score (nSPS) is 17.9. The third-order valence-electron chi connectivity index (χ3n) is 3.86. The summed E-state index contributed by atoms with van der Waals surface area (Å²) in [6.07, 6.45) is 5.97. The molecule has 0 aromatic carbocycles. The summed E-state index contributed by atoms with van der Waals surface area (Å²) < 4.78 is 4.90. The molecule has 120 valence electrons. The van der Waals surface area contributed by atoms with Gasteiger partial charge in [-0.25, -0.2) is 14.8 Å². The zero-order valence-corrected chi connectivity index (χ0v) is 12.5. The van der Waals surface area contributed by atoms with Gasteiger partial charge in [-0.1, -0.05) is 0 Å². The number of aromatic hydroxyl groups is 1. The average molecular weight is 315 g/mol. The molecule has 23 heavy (non-hydrogen) atoms. The van der Waals surface area contributed by atoms with Gasteiger partial charge in [0, 0.05) is 38.0 Å². The van der Waals surface area contributed by atoms with Crippen molar-refractivity contribution in [2.24, 2.45) is 5.92 Å². The molecule has 0 bridgehead atoms. The third kappa shape index (κ3) is 3.74. The summed E-state index contributed by atoms with van der Waals surface area (Å²) in [5.41, 5.74) is -0.736. The van der Waals surface area contributed by atoms with E-state index in [9.17, 15) is 14.7 Å². The Morgan fingerprint density at radius 2 is 2.13 bits per heavy atom. The lowest BCUT2D eigenvalue weighted by molar-refractivity contribution is 0.0634. The molecule has 3 rings (SSSR count). The quantitative estimate of drug-likeness (QED) is 0.915. The molecule has 7 heteroatoms. The summed E-state index contributed by atoms with van der Waals surface area (Å²) in [7, 11) is 0. The molecule has 1 aliphatic heterocycles. The van der Waals surface area contributed by atoms with Crippen molar-refractivity contribution >= 4 is 5.91 Å². The van der Waals surface area contributed by atoms with Crippen molar-refractivity contribution in [1.82, 2.24) is 14.9 Å². The van der Waals surface area contributed by atoms with Crippen LogP contribution in [0, 0.1) is 5.92 Å². The van der Waals surface area contributed by atoms with E-state index in [0.29, 0.717) is 19.5 Å². The molecule has 1 aliphatic rings. The highest BCUT2D eigenvalue weighted by Gasteiger charge is 2.26. The molecule has 1 N–H and O–H groups in total. The first-order valence-corrected chi connectivity index (χ1v) is 7.51. The lowest BCUT2D eigenvalue weighted by Crippen LogP contribution is -2.40. The van der Waals surface area contributed by atoms with Crippen LogP contribution in [-0.4, -0.2) is 39.0 Å². The van der Waals surface area contributed by atoms with Gasteiger partial charge in [0.25, 0.3) is 5.91 Å². The van der Waals surface area contributed by atoms with Crippen LogP contribution in [0.4, 0.5) is 0 Å². The van der Waals surface area contributed by atoms with Crippen molar-refractivity contribution in [3.8, 4) is 5.75 Å². The predicted molar refractivity (Wildman–Crippen MR) is 81.0 cm³/mol. The van der Waals surface area contributed by atoms with Crippen LogP contribution in [-0.2, 0) is 6.42 Å². The van der Waals surface area contributed by atoms with E-state index < -0.39 is 5.63 Å². The van der Waals surface area contributed by atoms with Crippen LogP contribution in [0.2, 0.25) is 0 Å². The fraction of sp³-hybridized carbons (Fsp3) is 0.375. The molecule has 1 saturated heterocycles. The first-order chi connectivity index (χ1) is 11.1. The lowest BCUT2D eigenvalue weighted by atomic mass is 9.94. The molecular weight excluding hydrogens is 298 g/mol. The standard InChI is InChI=1S/C16H17N3O4/c20-12-8-13(23-15(21)9-12)16(22)19-6-1-3-11(10-19)7-14-17-4-2-5-18-14/h2,4-5,8-9,11,20H,1,3,6-7,10H2. The number of amides is 1. The molecule has 7 nitrogen and oxygen atoms in total. The molecule has 1 unspecified atom stereocenters. The van der Waals surface area contributed by atoms with Crippen molar-refractivity contribution in [3.05, 3.63) is 52.6 Å². The van der Waals surface area contributed by atoms with Crippen LogP contribution in [0.15, 0.2) is 39.8 Å². The molecule has 1 atom stereocenters. The van der Waals surface area contributed by atoms with Gasteiger partial charge in [-0.3, -0.25) is 4.79 Å². The fourth-order valence-corrected chi connectivity index (χ4v) is 2.83. The second-order valence-corrected chi connectivity index (χ2v) is 5.63. The number of rotatable bonds is 3. The zero-order chi connectivity index (χ0) is 16.2. The van der Waals surface area contributed by atoms with Gasteiger partial charge in [0.1, 0.15) is 11.6 Å². The number of likely N-dealkylation sites (tertiary alicyclic amines) is 1. The van der Waals surface area contributed by atoms with Crippen molar-refractivity contribution in [3.63, 3.8) is 0 Å². The van der Waals surface area contributed by atoms with Crippen LogP contribution in [0.5, 0.6) is 5.75 Å². The van der Waals surface area contributed by atoms with Gasteiger partial charge in [0.05, 0.1) is 6.07 Å². The summed E-state index contributed by atoms with van der Waals surface area (Å²) >= 11 is 0. The van der Waals surface area contributed by atoms with Crippen LogP contribution in [0.3, 0.4) is 0 Å². The number of piperidine rings is 1. The summed E-state index contributed by atoms with van der Waals surface area (Å²) in [5.74, 6) is 0.244. The Balaban J connectivity index is 1.70. The van der Waals surface area contributed by atoms with Crippen molar-refractivity contribution in [2.75, 3.05) is 13.1 Å². The Morgan fingerprint density at radius 3 is 2.87 bits per heavy atom. The SMILES string of the molecule is O=C(c1cc(O)cc(=O)o1)N1CCCC(Cc2ncccn2)C1. The molecule has 0 saturated carbocycles. The number of carbonyl (C=O) groups is 1. The highest BCUT2D eigenvalue weighted by Crippen LogP contribution is 2.21. The molecule has 0 aliphatic carbocycles. The summed E-state index contributed by atoms with van der Waals surface area (Å²) in [6.45, 7) is 1.15. The lowest BCUT2D eigenvalue weighted by Gasteiger charge is -2.32. The van der Waals surface area contributed by atoms with E-state index in [-0.39, 0.29) is 23.3 Å². The van der Waals surface area contributed by atoms with E-state index in [0.717, 1.165) is 24.7 Å². The monoisotopic (exact) mass is 315 g/mol. The van der Waals surface area contributed by atoms with Crippen molar-refractivity contribution in [2.45, 2.75) is 19.3 Å². The number of hydrogen-bond acceptors (Lipinski definition) is 6. The Morgan fingerprint density at radius 1 is 1.35 bits per heavy atom. The van der Waals surface area contributed by atoms with E-state index in [1.54, 1.807) is 23.4 Å². The Kier molecular flexibility index (Phi) is 4.36.